The van der Waals surface area contributed by atoms with Gasteiger partial charge in [0.25, 0.3) is 0 Å². The molecule has 2 aliphatic rings. The third-order valence-electron chi connectivity index (χ3n) is 6.72. The van der Waals surface area contributed by atoms with E-state index in [1.54, 1.807) is 18.2 Å². The molecule has 0 aliphatic carbocycles. The van der Waals surface area contributed by atoms with Gasteiger partial charge >= 0.3 is 10.2 Å². The number of nitrogens with one attached hydrogen (secondary N) is 1. The first-order valence-electron chi connectivity index (χ1n) is 12.6. The van der Waals surface area contributed by atoms with Crippen LogP contribution in [0, 0.1) is 11.6 Å². The number of rotatable bonds is 8. The maximum atomic E-state index is 14.9. The molecule has 1 N–H and O–H groups in total. The Morgan fingerprint density at radius 2 is 1.79 bits per heavy atom. The molecule has 0 saturated carbocycles. The van der Waals surface area contributed by atoms with E-state index in [1.807, 2.05) is 31.3 Å². The van der Waals surface area contributed by atoms with E-state index < -0.39 is 66.6 Å². The molecule has 1 atom stereocenters. The van der Waals surface area contributed by atoms with Crippen molar-refractivity contribution in [1.29, 1.82) is 0 Å². The van der Waals surface area contributed by atoms with Gasteiger partial charge in [0.2, 0.25) is 11.8 Å². The zero-order valence-corrected chi connectivity index (χ0v) is 24.0. The Morgan fingerprint density at radius 3 is 2.36 bits per heavy atom. The number of ketones is 1. The fraction of sp³-hybridized carbons (Fsp3) is 0.423. The maximum Gasteiger partial charge on any atom is 0.304 e. The molecule has 0 bridgehead atoms. The SMILES string of the molecule is CCOc1ccc2c(c1)CCN(C(=O)CN1CC(=O)NS1(=O)=O)[C@H]2C(=O)Cc1cc(F)c([Si](C)(C)C)c(F)c1. The molecule has 1 saturated heterocycles. The largest absolute Gasteiger partial charge is 0.494 e. The van der Waals surface area contributed by atoms with Crippen molar-refractivity contribution in [3.05, 3.63) is 58.7 Å². The van der Waals surface area contributed by atoms with E-state index in [0.717, 1.165) is 17.7 Å². The lowest BCUT2D eigenvalue weighted by Gasteiger charge is -2.37. The van der Waals surface area contributed by atoms with Gasteiger partial charge in [0.1, 0.15) is 23.4 Å². The molecular formula is C26H31F2N3O6SSi. The molecule has 0 radical (unpaired) electrons. The second kappa shape index (κ2) is 10.8. The van der Waals surface area contributed by atoms with Crippen LogP contribution >= 0.6 is 0 Å². The number of fused-ring (bicyclic) bond motifs is 1. The maximum absolute atomic E-state index is 14.9. The third kappa shape index (κ3) is 6.04. The van der Waals surface area contributed by atoms with Crippen LogP contribution in [0.3, 0.4) is 0 Å². The standard InChI is InChI=1S/C26H31F2N3O6SSi/c1-5-37-18-6-7-19-17(13-18)8-9-31(24(34)15-30-14-23(33)29-38(30,35)36)25(19)22(32)12-16-10-20(27)26(21(28)11-16)39(2,3)4/h6-7,10-11,13,25H,5,8-9,12,14-15H2,1-4H3,(H,29,33)/t25-/m1/s1. The number of amides is 2. The van der Waals surface area contributed by atoms with Gasteiger partial charge in [0.05, 0.1) is 27.8 Å². The van der Waals surface area contributed by atoms with Crippen LogP contribution in [-0.2, 0) is 37.4 Å². The molecule has 13 heteroatoms. The average molecular weight is 580 g/mol. The number of carbonyl (C=O) groups is 3. The summed E-state index contributed by atoms with van der Waals surface area (Å²) in [5.41, 5.74) is 1.45. The number of hydrogen-bond acceptors (Lipinski definition) is 6. The number of halogens is 2. The Balaban J connectivity index is 1.67. The van der Waals surface area contributed by atoms with E-state index in [0.29, 0.717) is 28.6 Å². The molecule has 4 rings (SSSR count). The smallest absolute Gasteiger partial charge is 0.304 e. The van der Waals surface area contributed by atoms with Crippen molar-refractivity contribution < 1.29 is 36.3 Å². The lowest BCUT2D eigenvalue weighted by atomic mass is 9.87. The molecule has 2 aromatic carbocycles. The van der Waals surface area contributed by atoms with E-state index in [1.165, 1.54) is 4.90 Å². The lowest BCUT2D eigenvalue weighted by Crippen LogP contribution is -2.48. The number of benzene rings is 2. The summed E-state index contributed by atoms with van der Waals surface area (Å²) in [6.45, 7) is 6.70. The van der Waals surface area contributed by atoms with Gasteiger partial charge in [-0.25, -0.2) is 13.5 Å². The Labute approximate surface area is 227 Å². The lowest BCUT2D eigenvalue weighted by molar-refractivity contribution is -0.140. The van der Waals surface area contributed by atoms with Crippen molar-refractivity contribution in [3.63, 3.8) is 0 Å². The minimum absolute atomic E-state index is 0.0527. The number of hydrogen-bond donors (Lipinski definition) is 1. The van der Waals surface area contributed by atoms with Crippen molar-refractivity contribution >= 4 is 41.1 Å². The fourth-order valence-corrected chi connectivity index (χ4v) is 7.71. The van der Waals surface area contributed by atoms with Crippen molar-refractivity contribution in [2.24, 2.45) is 0 Å². The summed E-state index contributed by atoms with van der Waals surface area (Å²) in [6.07, 6.45) is 0.0346. The first kappa shape index (κ1) is 28.8. The second-order valence-electron chi connectivity index (χ2n) is 10.7. The Kier molecular flexibility index (Phi) is 7.97. The third-order valence-corrected chi connectivity index (χ3v) is 10.1. The van der Waals surface area contributed by atoms with Crippen molar-refractivity contribution in [1.82, 2.24) is 13.9 Å². The molecule has 210 valence electrons. The van der Waals surface area contributed by atoms with Crippen LogP contribution in [0.15, 0.2) is 30.3 Å². The van der Waals surface area contributed by atoms with Crippen LogP contribution in [-0.4, -0.2) is 69.5 Å². The predicted molar refractivity (Wildman–Crippen MR) is 142 cm³/mol. The molecule has 39 heavy (non-hydrogen) atoms. The van der Waals surface area contributed by atoms with Crippen molar-refractivity contribution in [2.45, 2.75) is 45.4 Å². The normalized spacial score (nSPS) is 19.0. The van der Waals surface area contributed by atoms with Crippen LogP contribution in [0.5, 0.6) is 5.75 Å². The highest BCUT2D eigenvalue weighted by molar-refractivity contribution is 7.88. The van der Waals surface area contributed by atoms with Crippen LogP contribution in [0.2, 0.25) is 19.6 Å². The molecule has 0 aromatic heterocycles. The first-order chi connectivity index (χ1) is 18.2. The summed E-state index contributed by atoms with van der Waals surface area (Å²) in [5, 5.41) is 0.0527. The topological polar surface area (TPSA) is 113 Å². The van der Waals surface area contributed by atoms with Crippen LogP contribution < -0.4 is 14.6 Å². The van der Waals surface area contributed by atoms with Gasteiger partial charge in [0.15, 0.2) is 5.78 Å². The van der Waals surface area contributed by atoms with Gasteiger partial charge in [-0.1, -0.05) is 25.7 Å². The monoisotopic (exact) mass is 579 g/mol. The fourth-order valence-electron chi connectivity index (χ4n) is 5.09. The highest BCUT2D eigenvalue weighted by Gasteiger charge is 2.40. The average Bonchev–Trinajstić information content (AvgIpc) is 3.07. The predicted octanol–water partition coefficient (Wildman–Crippen LogP) is 1.82. The molecule has 2 aliphatic heterocycles. The van der Waals surface area contributed by atoms with Gasteiger partial charge in [0, 0.05) is 18.2 Å². The minimum Gasteiger partial charge on any atom is -0.494 e. The molecule has 2 aromatic rings. The highest BCUT2D eigenvalue weighted by atomic mass is 32.2. The summed E-state index contributed by atoms with van der Waals surface area (Å²) < 4.78 is 62.3. The van der Waals surface area contributed by atoms with Gasteiger partial charge in [-0.3, -0.25) is 14.4 Å². The minimum atomic E-state index is -4.15. The van der Waals surface area contributed by atoms with Gasteiger partial charge < -0.3 is 9.64 Å². The zero-order valence-electron chi connectivity index (χ0n) is 22.2. The van der Waals surface area contributed by atoms with Crippen LogP contribution in [0.4, 0.5) is 8.78 Å². The Bertz CT molecular complexity index is 1420. The van der Waals surface area contributed by atoms with Gasteiger partial charge in [-0.2, -0.15) is 12.7 Å². The van der Waals surface area contributed by atoms with Crippen molar-refractivity contribution in [3.8, 4) is 5.75 Å². The first-order valence-corrected chi connectivity index (χ1v) is 17.5. The molecule has 0 spiro atoms. The number of nitrogens with zero attached hydrogens (tertiary/aromatic N) is 2. The molecule has 9 nitrogen and oxygen atoms in total. The van der Waals surface area contributed by atoms with Crippen molar-refractivity contribution in [2.75, 3.05) is 26.2 Å². The summed E-state index contributed by atoms with van der Waals surface area (Å²) in [6, 6.07) is 6.35. The van der Waals surface area contributed by atoms with E-state index in [9.17, 15) is 31.6 Å². The zero-order chi connectivity index (χ0) is 28.7. The summed E-state index contributed by atoms with van der Waals surface area (Å²) in [7, 11) is -6.47. The van der Waals surface area contributed by atoms with E-state index >= 15 is 0 Å². The number of Topliss-reactive ketones (excluding diaryl/α,β-unsaturated/α-hetero) is 1. The van der Waals surface area contributed by atoms with E-state index in [-0.39, 0.29) is 23.7 Å². The Morgan fingerprint density at radius 1 is 1.13 bits per heavy atom. The van der Waals surface area contributed by atoms with E-state index in [4.69, 9.17) is 4.74 Å². The van der Waals surface area contributed by atoms with Crippen LogP contribution in [0.25, 0.3) is 0 Å². The summed E-state index contributed by atoms with van der Waals surface area (Å²) in [5.74, 6) is -2.71. The van der Waals surface area contributed by atoms with Gasteiger partial charge in [-0.15, -0.1) is 0 Å². The molecule has 2 heterocycles. The van der Waals surface area contributed by atoms with Gasteiger partial charge in [-0.05, 0) is 54.3 Å². The molecule has 1 fully saturated rings. The number of carbonyl (C=O) groups excluding carboxylic acids is 3. The summed E-state index contributed by atoms with van der Waals surface area (Å²) >= 11 is 0. The Hall–Kier alpha value is -3.16. The molecule has 0 unspecified atom stereocenters. The van der Waals surface area contributed by atoms with Crippen LogP contribution in [0.1, 0.15) is 29.7 Å². The molecule has 2 amide bonds. The quantitative estimate of drug-likeness (QED) is 0.478. The van der Waals surface area contributed by atoms with E-state index in [2.05, 4.69) is 0 Å². The number of ether oxygens (including phenoxy) is 1. The highest BCUT2D eigenvalue weighted by Crippen LogP contribution is 2.34. The molecular weight excluding hydrogens is 548 g/mol. The second-order valence-corrected chi connectivity index (χ2v) is 17.3. The summed E-state index contributed by atoms with van der Waals surface area (Å²) in [4.78, 5) is 39.9.